The zero-order valence-electron chi connectivity index (χ0n) is 5.74. The van der Waals surface area contributed by atoms with E-state index in [1.54, 1.807) is 23.1 Å². The van der Waals surface area contributed by atoms with Crippen molar-refractivity contribution in [2.75, 3.05) is 0 Å². The lowest BCUT2D eigenvalue weighted by atomic mass is 10.2. The van der Waals surface area contributed by atoms with Crippen molar-refractivity contribution in [1.29, 1.82) is 0 Å². The molecule has 0 atom stereocenters. The van der Waals surface area contributed by atoms with Crippen LogP contribution < -0.4 is 0 Å². The van der Waals surface area contributed by atoms with Gasteiger partial charge in [0.25, 0.3) is 0 Å². The van der Waals surface area contributed by atoms with Crippen molar-refractivity contribution in [1.82, 2.24) is 0 Å². The van der Waals surface area contributed by atoms with E-state index in [0.29, 0.717) is 0 Å². The van der Waals surface area contributed by atoms with E-state index in [1.807, 2.05) is 6.07 Å². The summed E-state index contributed by atoms with van der Waals surface area (Å²) in [5.41, 5.74) is 1.30. The van der Waals surface area contributed by atoms with Crippen LogP contribution in [0.1, 0.15) is 20.1 Å². The Morgan fingerprint density at radius 2 is 2.45 bits per heavy atom. The van der Waals surface area contributed by atoms with Gasteiger partial charge in [-0.15, -0.1) is 23.1 Å². The molecule has 0 spiro atoms. The Morgan fingerprint density at radius 3 is 3.18 bits per heavy atom. The first kappa shape index (κ1) is 7.13. The third-order valence-electron chi connectivity index (χ3n) is 1.53. The molecule has 0 amide bonds. The van der Waals surface area contributed by atoms with Crippen LogP contribution in [-0.2, 0) is 5.75 Å². The molecule has 0 bridgehead atoms. The summed E-state index contributed by atoms with van der Waals surface area (Å²) in [6.07, 6.45) is 2.99. The van der Waals surface area contributed by atoms with E-state index in [4.69, 9.17) is 0 Å². The summed E-state index contributed by atoms with van der Waals surface area (Å²) in [6, 6.07) is 1.98. The van der Waals surface area contributed by atoms with Crippen LogP contribution in [0.5, 0.6) is 0 Å². The lowest BCUT2D eigenvalue weighted by Gasteiger charge is -2.00. The fraction of sp³-hybridized carbons (Fsp3) is 0.125. The number of hydrogen-bond donors (Lipinski definition) is 0. The van der Waals surface area contributed by atoms with Crippen molar-refractivity contribution in [3.63, 3.8) is 0 Å². The molecule has 0 radical (unpaired) electrons. The Hall–Kier alpha value is -0.540. The summed E-state index contributed by atoms with van der Waals surface area (Å²) < 4.78 is 0. The molecule has 1 aromatic heterocycles. The average Bonchev–Trinajstić information content (AvgIpc) is 2.46. The summed E-state index contributed by atoms with van der Waals surface area (Å²) in [5, 5.41) is 2.08. The highest BCUT2D eigenvalue weighted by Gasteiger charge is 2.08. The van der Waals surface area contributed by atoms with Crippen LogP contribution in [0.25, 0.3) is 6.08 Å². The molecule has 3 heteroatoms. The summed E-state index contributed by atoms with van der Waals surface area (Å²) in [4.78, 5) is 12.5. The first-order chi connectivity index (χ1) is 5.40. The first-order valence-electron chi connectivity index (χ1n) is 3.26. The molecule has 0 unspecified atom stereocenters. The predicted molar refractivity (Wildman–Crippen MR) is 50.0 cm³/mol. The third-order valence-corrected chi connectivity index (χ3v) is 3.41. The van der Waals surface area contributed by atoms with Crippen molar-refractivity contribution in [2.45, 2.75) is 5.75 Å². The standard InChI is InChI=1S/C8H6OS2/c9-4-7-3-6-5-10-2-1-8(6)11-7/h1-4H,5H2. The van der Waals surface area contributed by atoms with Crippen LogP contribution in [-0.4, -0.2) is 6.29 Å². The minimum atomic E-state index is 0.835. The quantitative estimate of drug-likeness (QED) is 0.621. The molecular weight excluding hydrogens is 176 g/mol. The van der Waals surface area contributed by atoms with Crippen molar-refractivity contribution in [3.05, 3.63) is 26.8 Å². The van der Waals surface area contributed by atoms with Gasteiger partial charge in [0.2, 0.25) is 0 Å². The number of aldehydes is 1. The maximum absolute atomic E-state index is 10.4. The predicted octanol–water partition coefficient (Wildman–Crippen LogP) is 2.78. The van der Waals surface area contributed by atoms with Crippen molar-refractivity contribution >= 4 is 35.5 Å². The van der Waals surface area contributed by atoms with Crippen LogP contribution in [0.3, 0.4) is 0 Å². The van der Waals surface area contributed by atoms with Gasteiger partial charge < -0.3 is 0 Å². The molecule has 1 aliphatic heterocycles. The van der Waals surface area contributed by atoms with E-state index in [9.17, 15) is 4.79 Å². The molecular formula is C8H6OS2. The molecule has 0 N–H and O–H groups in total. The second-order valence-corrected chi connectivity index (χ2v) is 4.28. The highest BCUT2D eigenvalue weighted by Crippen LogP contribution is 2.31. The average molecular weight is 182 g/mol. The molecule has 0 aliphatic carbocycles. The van der Waals surface area contributed by atoms with Gasteiger partial charge in [0.15, 0.2) is 6.29 Å². The summed E-state index contributed by atoms with van der Waals surface area (Å²) >= 11 is 3.34. The minimum Gasteiger partial charge on any atom is -0.297 e. The smallest absolute Gasteiger partial charge is 0.160 e. The largest absolute Gasteiger partial charge is 0.297 e. The van der Waals surface area contributed by atoms with Gasteiger partial charge in [-0.3, -0.25) is 4.79 Å². The second kappa shape index (κ2) is 2.83. The monoisotopic (exact) mass is 182 g/mol. The first-order valence-corrected chi connectivity index (χ1v) is 5.13. The number of hydrogen-bond acceptors (Lipinski definition) is 3. The van der Waals surface area contributed by atoms with Crippen molar-refractivity contribution in [3.8, 4) is 0 Å². The maximum atomic E-state index is 10.4. The van der Waals surface area contributed by atoms with Gasteiger partial charge >= 0.3 is 0 Å². The number of thiophene rings is 1. The van der Waals surface area contributed by atoms with Crippen LogP contribution in [0.2, 0.25) is 0 Å². The Balaban J connectivity index is 2.49. The minimum absolute atomic E-state index is 0.835. The van der Waals surface area contributed by atoms with Gasteiger partial charge in [0.05, 0.1) is 4.88 Å². The summed E-state index contributed by atoms with van der Waals surface area (Å²) in [7, 11) is 0. The maximum Gasteiger partial charge on any atom is 0.160 e. The van der Waals surface area contributed by atoms with Gasteiger partial charge in [-0.1, -0.05) is 0 Å². The fourth-order valence-corrected chi connectivity index (χ4v) is 2.85. The molecule has 2 heterocycles. The molecule has 2 rings (SSSR count). The fourth-order valence-electron chi connectivity index (χ4n) is 1.02. The zero-order chi connectivity index (χ0) is 7.68. The van der Waals surface area contributed by atoms with E-state index in [1.165, 1.54) is 10.4 Å². The van der Waals surface area contributed by atoms with Gasteiger partial charge in [0, 0.05) is 10.6 Å². The lowest BCUT2D eigenvalue weighted by Crippen LogP contribution is -1.80. The lowest BCUT2D eigenvalue weighted by molar-refractivity contribution is 0.112. The molecule has 0 saturated carbocycles. The number of carbonyl (C=O) groups excluding carboxylic acids is 1. The topological polar surface area (TPSA) is 17.1 Å². The summed E-state index contributed by atoms with van der Waals surface area (Å²) in [6.45, 7) is 0. The van der Waals surface area contributed by atoms with E-state index in [2.05, 4.69) is 11.5 Å². The van der Waals surface area contributed by atoms with Gasteiger partial charge in [0.1, 0.15) is 0 Å². The van der Waals surface area contributed by atoms with Crippen LogP contribution in [0, 0.1) is 0 Å². The highest BCUT2D eigenvalue weighted by molar-refractivity contribution is 8.01. The Morgan fingerprint density at radius 1 is 1.55 bits per heavy atom. The molecule has 1 nitrogen and oxygen atoms in total. The molecule has 11 heavy (non-hydrogen) atoms. The van der Waals surface area contributed by atoms with Crippen LogP contribution >= 0.6 is 23.1 Å². The SMILES string of the molecule is O=Cc1cc2c(s1)C=CSC2. The Kier molecular flexibility index (Phi) is 1.84. The van der Waals surface area contributed by atoms with E-state index in [0.717, 1.165) is 16.9 Å². The van der Waals surface area contributed by atoms with Crippen molar-refractivity contribution in [2.24, 2.45) is 0 Å². The number of fused-ring (bicyclic) bond motifs is 1. The molecule has 0 fully saturated rings. The van der Waals surface area contributed by atoms with E-state index >= 15 is 0 Å². The third kappa shape index (κ3) is 1.26. The Bertz CT molecular complexity index is 312. The van der Waals surface area contributed by atoms with E-state index in [-0.39, 0.29) is 0 Å². The zero-order valence-corrected chi connectivity index (χ0v) is 7.37. The number of rotatable bonds is 1. The number of thioether (sulfide) groups is 1. The molecule has 0 aromatic carbocycles. The van der Waals surface area contributed by atoms with E-state index < -0.39 is 0 Å². The molecule has 1 aromatic rings. The normalized spacial score (nSPS) is 14.5. The van der Waals surface area contributed by atoms with Crippen LogP contribution in [0.15, 0.2) is 11.5 Å². The molecule has 1 aliphatic rings. The molecule has 56 valence electrons. The van der Waals surface area contributed by atoms with Gasteiger partial charge in [-0.05, 0) is 23.1 Å². The molecule has 0 saturated heterocycles. The highest BCUT2D eigenvalue weighted by atomic mass is 32.2. The van der Waals surface area contributed by atoms with Gasteiger partial charge in [-0.2, -0.15) is 0 Å². The Labute approximate surface area is 73.1 Å². The second-order valence-electron chi connectivity index (χ2n) is 2.27. The van der Waals surface area contributed by atoms with Crippen LogP contribution in [0.4, 0.5) is 0 Å². The summed E-state index contributed by atoms with van der Waals surface area (Å²) in [5.74, 6) is 1.01. The van der Waals surface area contributed by atoms with Crippen molar-refractivity contribution < 1.29 is 4.79 Å². The number of carbonyl (C=O) groups is 1. The van der Waals surface area contributed by atoms with Gasteiger partial charge in [-0.25, -0.2) is 0 Å².